The minimum atomic E-state index is -0.492. The van der Waals surface area contributed by atoms with E-state index in [0.717, 1.165) is 0 Å². The first-order chi connectivity index (χ1) is 9.25. The molecule has 0 heterocycles. The molecule has 0 fully saturated rings. The Kier molecular flexibility index (Phi) is 6.40. The highest BCUT2D eigenvalue weighted by Gasteiger charge is 2.21. The van der Waals surface area contributed by atoms with Crippen molar-refractivity contribution in [1.82, 2.24) is 0 Å². The summed E-state index contributed by atoms with van der Waals surface area (Å²) < 4.78 is 9.65. The molecule has 0 bridgehead atoms. The van der Waals surface area contributed by atoms with Gasteiger partial charge in [0.2, 0.25) is 0 Å². The van der Waals surface area contributed by atoms with Crippen molar-refractivity contribution in [3.63, 3.8) is 0 Å². The van der Waals surface area contributed by atoms with Crippen LogP contribution in [0.15, 0.2) is 0 Å². The predicted octanol–water partition coefficient (Wildman–Crippen LogP) is 4.43. The fraction of sp³-hybridized carbons (Fsp3) is 0.333. The number of rotatable bonds is 4. The molecule has 0 aliphatic carbocycles. The predicted molar refractivity (Wildman–Crippen MR) is 77.4 cm³/mol. The lowest BCUT2D eigenvalue weighted by Gasteiger charge is -2.15. The molecule has 0 aliphatic heterocycles. The topological polar surface area (TPSA) is 52.6 Å². The normalized spacial score (nSPS) is 10.3. The summed E-state index contributed by atoms with van der Waals surface area (Å²) in [5, 5.41) is 0.405. The van der Waals surface area contributed by atoms with Gasteiger partial charge < -0.3 is 9.47 Å². The fourth-order valence-corrected chi connectivity index (χ4v) is 2.47. The van der Waals surface area contributed by atoms with E-state index in [4.69, 9.17) is 55.9 Å². The third kappa shape index (κ3) is 4.16. The Morgan fingerprint density at radius 2 is 1.00 bits per heavy atom. The maximum atomic E-state index is 10.8. The molecule has 1 aromatic carbocycles. The number of benzene rings is 1. The van der Waals surface area contributed by atoms with Gasteiger partial charge in [0.15, 0.2) is 0 Å². The van der Waals surface area contributed by atoms with E-state index < -0.39 is 11.9 Å². The second-order valence-corrected chi connectivity index (χ2v) is 5.29. The first-order valence-corrected chi connectivity index (χ1v) is 6.87. The molecule has 0 aliphatic rings. The van der Waals surface area contributed by atoms with Crippen LogP contribution in [0.4, 0.5) is 0 Å². The first-order valence-electron chi connectivity index (χ1n) is 5.36. The van der Waals surface area contributed by atoms with Gasteiger partial charge in [0.05, 0.1) is 20.1 Å². The van der Waals surface area contributed by atoms with Crippen molar-refractivity contribution in [2.45, 2.75) is 27.1 Å². The maximum absolute atomic E-state index is 10.8. The summed E-state index contributed by atoms with van der Waals surface area (Å²) in [6.07, 6.45) is 0. The second kappa shape index (κ2) is 7.36. The molecule has 20 heavy (non-hydrogen) atoms. The van der Waals surface area contributed by atoms with Gasteiger partial charge in [-0.25, -0.2) is 0 Å². The van der Waals surface area contributed by atoms with Crippen LogP contribution < -0.4 is 0 Å². The zero-order valence-electron chi connectivity index (χ0n) is 10.6. The van der Waals surface area contributed by atoms with Crippen LogP contribution in [-0.2, 0) is 32.3 Å². The number of ether oxygens (including phenoxy) is 2. The smallest absolute Gasteiger partial charge is 0.302 e. The summed E-state index contributed by atoms with van der Waals surface area (Å²) in [6.45, 7) is 2.20. The summed E-state index contributed by atoms with van der Waals surface area (Å²) in [4.78, 5) is 21.6. The van der Waals surface area contributed by atoms with E-state index in [1.807, 2.05) is 0 Å². The molecule has 0 saturated heterocycles. The highest BCUT2D eigenvalue weighted by Crippen LogP contribution is 2.41. The van der Waals surface area contributed by atoms with Crippen molar-refractivity contribution >= 4 is 58.3 Å². The van der Waals surface area contributed by atoms with Gasteiger partial charge in [-0.15, -0.1) is 0 Å². The Morgan fingerprint density at radius 1 is 0.750 bits per heavy atom. The van der Waals surface area contributed by atoms with Crippen LogP contribution in [0.5, 0.6) is 0 Å². The summed E-state index contributed by atoms with van der Waals surface area (Å²) in [5.74, 6) is -0.985. The lowest BCUT2D eigenvalue weighted by molar-refractivity contribution is -0.143. The fourth-order valence-electron chi connectivity index (χ4n) is 1.32. The van der Waals surface area contributed by atoms with Gasteiger partial charge in [-0.05, 0) is 0 Å². The van der Waals surface area contributed by atoms with E-state index in [2.05, 4.69) is 0 Å². The Morgan fingerprint density at radius 3 is 1.20 bits per heavy atom. The molecule has 0 unspecified atom stereocenters. The molecule has 0 aromatic heterocycles. The van der Waals surface area contributed by atoms with Crippen LogP contribution in [0.2, 0.25) is 20.1 Å². The van der Waals surface area contributed by atoms with Crippen LogP contribution in [0.25, 0.3) is 0 Å². The van der Waals surface area contributed by atoms with Crippen molar-refractivity contribution in [3.8, 4) is 0 Å². The zero-order valence-corrected chi connectivity index (χ0v) is 13.6. The van der Waals surface area contributed by atoms with Gasteiger partial charge in [0.25, 0.3) is 0 Å². The number of carbonyl (C=O) groups excluding carboxylic acids is 2. The van der Waals surface area contributed by atoms with Gasteiger partial charge in [0, 0.05) is 25.0 Å². The molecule has 0 atom stereocenters. The third-order valence-electron chi connectivity index (χ3n) is 2.28. The standard InChI is InChI=1S/C12H10Cl4O4/c1-5(17)19-3-7-9(13)11(15)8(4-20-6(2)18)12(16)10(7)14/h3-4H2,1-2H3. The quantitative estimate of drug-likeness (QED) is 0.589. The van der Waals surface area contributed by atoms with E-state index in [-0.39, 0.29) is 33.3 Å². The molecule has 0 radical (unpaired) electrons. The summed E-state index contributed by atoms with van der Waals surface area (Å²) in [6, 6.07) is 0. The molecule has 4 nitrogen and oxygen atoms in total. The molecule has 0 N–H and O–H groups in total. The molecule has 0 saturated carbocycles. The molecule has 8 heteroatoms. The number of halogens is 4. The highest BCUT2D eigenvalue weighted by molar-refractivity contribution is 6.48. The van der Waals surface area contributed by atoms with Crippen molar-refractivity contribution in [2.24, 2.45) is 0 Å². The van der Waals surface area contributed by atoms with Gasteiger partial charge in [-0.2, -0.15) is 0 Å². The van der Waals surface area contributed by atoms with E-state index >= 15 is 0 Å². The zero-order chi connectivity index (χ0) is 15.4. The van der Waals surface area contributed by atoms with Crippen LogP contribution in [0, 0.1) is 0 Å². The van der Waals surface area contributed by atoms with E-state index in [9.17, 15) is 9.59 Å². The number of hydrogen-bond acceptors (Lipinski definition) is 4. The lowest BCUT2D eigenvalue weighted by atomic mass is 10.1. The van der Waals surface area contributed by atoms with Gasteiger partial charge in [-0.3, -0.25) is 9.59 Å². The van der Waals surface area contributed by atoms with E-state index in [0.29, 0.717) is 11.1 Å². The average molecular weight is 360 g/mol. The monoisotopic (exact) mass is 358 g/mol. The third-order valence-corrected chi connectivity index (χ3v) is 4.15. The molecule has 0 amide bonds. The molecular formula is C12H10Cl4O4. The van der Waals surface area contributed by atoms with Crippen LogP contribution in [0.1, 0.15) is 25.0 Å². The number of carbonyl (C=O) groups is 2. The minimum absolute atomic E-state index is 0.101. The summed E-state index contributed by atoms with van der Waals surface area (Å²) in [5.41, 5.74) is 0.593. The Balaban J connectivity index is 3.19. The van der Waals surface area contributed by atoms with Crippen molar-refractivity contribution in [2.75, 3.05) is 0 Å². The highest BCUT2D eigenvalue weighted by atomic mass is 35.5. The van der Waals surface area contributed by atoms with Crippen LogP contribution in [-0.4, -0.2) is 11.9 Å². The van der Waals surface area contributed by atoms with E-state index in [1.165, 1.54) is 13.8 Å². The Hall–Kier alpha value is -0.680. The lowest BCUT2D eigenvalue weighted by Crippen LogP contribution is -2.05. The molecule has 1 rings (SSSR count). The average Bonchev–Trinajstić information content (AvgIpc) is 2.35. The van der Waals surface area contributed by atoms with Crippen LogP contribution >= 0.6 is 46.4 Å². The van der Waals surface area contributed by atoms with Crippen LogP contribution in [0.3, 0.4) is 0 Å². The summed E-state index contributed by atoms with van der Waals surface area (Å²) >= 11 is 24.3. The van der Waals surface area contributed by atoms with Crippen molar-refractivity contribution in [3.05, 3.63) is 31.2 Å². The Labute approximate surface area is 135 Å². The Bertz CT molecular complexity index is 479. The molecular weight excluding hydrogens is 350 g/mol. The first kappa shape index (κ1) is 17.4. The van der Waals surface area contributed by atoms with E-state index in [1.54, 1.807) is 0 Å². The van der Waals surface area contributed by atoms with Crippen molar-refractivity contribution < 1.29 is 19.1 Å². The van der Waals surface area contributed by atoms with Crippen molar-refractivity contribution in [1.29, 1.82) is 0 Å². The summed E-state index contributed by atoms with van der Waals surface area (Å²) in [7, 11) is 0. The maximum Gasteiger partial charge on any atom is 0.302 e. The second-order valence-electron chi connectivity index (χ2n) is 3.77. The van der Waals surface area contributed by atoms with Gasteiger partial charge >= 0.3 is 11.9 Å². The SMILES string of the molecule is CC(=O)OCc1c(Cl)c(Cl)c(COC(C)=O)c(Cl)c1Cl. The van der Waals surface area contributed by atoms with Gasteiger partial charge in [-0.1, -0.05) is 46.4 Å². The minimum Gasteiger partial charge on any atom is -0.461 e. The van der Waals surface area contributed by atoms with Gasteiger partial charge in [0.1, 0.15) is 13.2 Å². The molecule has 0 spiro atoms. The number of hydrogen-bond donors (Lipinski definition) is 0. The molecule has 1 aromatic rings. The number of esters is 2. The largest absolute Gasteiger partial charge is 0.461 e. The molecule has 110 valence electrons.